The Hall–Kier alpha value is -3.54. The van der Waals surface area contributed by atoms with Crippen molar-refractivity contribution in [3.8, 4) is 5.69 Å². The molecular weight excluding hydrogens is 352 g/mol. The van der Waals surface area contributed by atoms with E-state index >= 15 is 0 Å². The Labute approximate surface area is 163 Å². The van der Waals surface area contributed by atoms with E-state index in [-0.39, 0.29) is 11.9 Å². The maximum absolute atomic E-state index is 12.3. The van der Waals surface area contributed by atoms with Crippen LogP contribution >= 0.6 is 0 Å². The molecule has 1 heterocycles. The Bertz CT molecular complexity index is 943. The predicted octanol–water partition coefficient (Wildman–Crippen LogP) is 3.94. The normalized spacial score (nSPS) is 13.0. The van der Waals surface area contributed by atoms with Crippen LogP contribution in [0.25, 0.3) is 5.69 Å². The summed E-state index contributed by atoms with van der Waals surface area (Å²) in [6.45, 7) is 0. The summed E-state index contributed by atoms with van der Waals surface area (Å²) in [6.07, 6.45) is 6.36. The third-order valence-corrected chi connectivity index (χ3v) is 4.54. The Balaban J connectivity index is 1.29. The molecule has 3 aromatic rings. The molecule has 0 bridgehead atoms. The molecule has 0 radical (unpaired) electrons. The van der Waals surface area contributed by atoms with Crippen molar-refractivity contribution in [3.63, 3.8) is 0 Å². The number of benzene rings is 2. The molecule has 1 aliphatic rings. The maximum atomic E-state index is 12.3. The average Bonchev–Trinajstić information content (AvgIpc) is 3.32. The number of anilines is 2. The molecule has 1 fully saturated rings. The highest BCUT2D eigenvalue weighted by atomic mass is 16.2. The second-order valence-corrected chi connectivity index (χ2v) is 6.93. The highest BCUT2D eigenvalue weighted by Crippen LogP contribution is 2.19. The first-order valence-corrected chi connectivity index (χ1v) is 9.35. The van der Waals surface area contributed by atoms with Crippen molar-refractivity contribution in [1.82, 2.24) is 9.88 Å². The molecule has 4 rings (SSSR count). The predicted molar refractivity (Wildman–Crippen MR) is 110 cm³/mol. The van der Waals surface area contributed by atoms with Crippen molar-refractivity contribution in [3.05, 3.63) is 78.6 Å². The molecule has 0 unspecified atom stereocenters. The largest absolute Gasteiger partial charge is 0.335 e. The molecule has 1 aliphatic carbocycles. The van der Waals surface area contributed by atoms with Crippen molar-refractivity contribution < 1.29 is 9.59 Å². The van der Waals surface area contributed by atoms with Gasteiger partial charge in [-0.05, 0) is 66.9 Å². The van der Waals surface area contributed by atoms with E-state index in [2.05, 4.69) is 16.0 Å². The quantitative estimate of drug-likeness (QED) is 0.611. The molecule has 0 aliphatic heterocycles. The van der Waals surface area contributed by atoms with Crippen LogP contribution in [0.1, 0.15) is 18.4 Å². The SMILES string of the molecule is O=C(Cc1ccc(-n2cccc2)cc1)Nc1ccc(NC(=O)NC2CC2)cc1. The zero-order valence-electron chi connectivity index (χ0n) is 15.4. The number of nitrogens with one attached hydrogen (secondary N) is 3. The van der Waals surface area contributed by atoms with Gasteiger partial charge in [-0.25, -0.2) is 4.79 Å². The number of amides is 3. The van der Waals surface area contributed by atoms with Gasteiger partial charge in [0.25, 0.3) is 0 Å². The zero-order chi connectivity index (χ0) is 19.3. The molecule has 3 N–H and O–H groups in total. The summed E-state index contributed by atoms with van der Waals surface area (Å²) >= 11 is 0. The number of rotatable bonds is 6. The third-order valence-electron chi connectivity index (χ3n) is 4.54. The number of hydrogen-bond acceptors (Lipinski definition) is 2. The number of aromatic nitrogens is 1. The van der Waals surface area contributed by atoms with Gasteiger partial charge in [0, 0.05) is 35.5 Å². The van der Waals surface area contributed by atoms with Gasteiger partial charge in [0.05, 0.1) is 6.42 Å². The summed E-state index contributed by atoms with van der Waals surface area (Å²) in [6, 6.07) is 19.1. The van der Waals surface area contributed by atoms with Gasteiger partial charge in [-0.1, -0.05) is 12.1 Å². The lowest BCUT2D eigenvalue weighted by molar-refractivity contribution is -0.115. The molecule has 142 valence electrons. The van der Waals surface area contributed by atoms with Gasteiger partial charge < -0.3 is 20.5 Å². The third kappa shape index (κ3) is 4.79. The van der Waals surface area contributed by atoms with E-state index in [0.29, 0.717) is 23.8 Å². The number of nitrogens with zero attached hydrogens (tertiary/aromatic N) is 1. The molecule has 0 spiro atoms. The van der Waals surface area contributed by atoms with Crippen molar-refractivity contribution in [1.29, 1.82) is 0 Å². The molecule has 2 aromatic carbocycles. The van der Waals surface area contributed by atoms with Gasteiger partial charge >= 0.3 is 6.03 Å². The van der Waals surface area contributed by atoms with E-state index in [1.165, 1.54) is 0 Å². The molecule has 28 heavy (non-hydrogen) atoms. The standard InChI is InChI=1S/C22H22N4O2/c27-21(15-16-3-11-20(12-4-16)26-13-1-2-14-26)23-17-5-7-18(8-6-17)24-22(28)25-19-9-10-19/h1-8,11-14,19H,9-10,15H2,(H,23,27)(H2,24,25,28). The summed E-state index contributed by atoms with van der Waals surface area (Å²) in [7, 11) is 0. The average molecular weight is 374 g/mol. The zero-order valence-corrected chi connectivity index (χ0v) is 15.4. The molecule has 1 saturated carbocycles. The first kappa shape index (κ1) is 17.9. The topological polar surface area (TPSA) is 75.2 Å². The van der Waals surface area contributed by atoms with Crippen LogP contribution in [0, 0.1) is 0 Å². The fraction of sp³-hybridized carbons (Fsp3) is 0.182. The van der Waals surface area contributed by atoms with Gasteiger partial charge in [-0.2, -0.15) is 0 Å². The van der Waals surface area contributed by atoms with Crippen molar-refractivity contribution in [2.75, 3.05) is 10.6 Å². The monoisotopic (exact) mass is 374 g/mol. The number of urea groups is 1. The highest BCUT2D eigenvalue weighted by molar-refractivity contribution is 5.93. The molecule has 0 atom stereocenters. The fourth-order valence-corrected chi connectivity index (χ4v) is 2.90. The van der Waals surface area contributed by atoms with Crippen LogP contribution in [0.3, 0.4) is 0 Å². The summed E-state index contributed by atoms with van der Waals surface area (Å²) in [5.74, 6) is -0.0825. The van der Waals surface area contributed by atoms with Crippen LogP contribution < -0.4 is 16.0 Å². The van der Waals surface area contributed by atoms with Crippen molar-refractivity contribution >= 4 is 23.3 Å². The minimum Gasteiger partial charge on any atom is -0.335 e. The van der Waals surface area contributed by atoms with Crippen LogP contribution in [0.15, 0.2) is 73.1 Å². The summed E-state index contributed by atoms with van der Waals surface area (Å²) < 4.78 is 2.02. The first-order chi connectivity index (χ1) is 13.7. The number of carbonyl (C=O) groups is 2. The molecule has 3 amide bonds. The van der Waals surface area contributed by atoms with Crippen molar-refractivity contribution in [2.24, 2.45) is 0 Å². The van der Waals surface area contributed by atoms with Gasteiger partial charge in [0.15, 0.2) is 0 Å². The molecule has 6 nitrogen and oxygen atoms in total. The molecule has 0 saturated heterocycles. The van der Waals surface area contributed by atoms with Crippen LogP contribution in [-0.4, -0.2) is 22.5 Å². The van der Waals surface area contributed by atoms with Gasteiger partial charge in [0.1, 0.15) is 0 Å². The molecule has 6 heteroatoms. The second-order valence-electron chi connectivity index (χ2n) is 6.93. The minimum atomic E-state index is -0.192. The van der Waals surface area contributed by atoms with Crippen LogP contribution in [0.2, 0.25) is 0 Å². The summed E-state index contributed by atoms with van der Waals surface area (Å²) in [4.78, 5) is 24.0. The van der Waals surface area contributed by atoms with E-state index in [1.807, 2.05) is 53.4 Å². The van der Waals surface area contributed by atoms with Crippen LogP contribution in [-0.2, 0) is 11.2 Å². The summed E-state index contributed by atoms with van der Waals surface area (Å²) in [5.41, 5.74) is 3.39. The van der Waals surface area contributed by atoms with Gasteiger partial charge in [-0.15, -0.1) is 0 Å². The number of hydrogen-bond donors (Lipinski definition) is 3. The van der Waals surface area contributed by atoms with E-state index < -0.39 is 0 Å². The molecular formula is C22H22N4O2. The lowest BCUT2D eigenvalue weighted by Gasteiger charge is -2.09. The molecule has 1 aromatic heterocycles. The minimum absolute atomic E-state index is 0.0825. The van der Waals surface area contributed by atoms with E-state index in [4.69, 9.17) is 0 Å². The van der Waals surface area contributed by atoms with E-state index in [0.717, 1.165) is 24.1 Å². The smallest absolute Gasteiger partial charge is 0.319 e. The number of carbonyl (C=O) groups excluding carboxylic acids is 2. The van der Waals surface area contributed by atoms with Gasteiger partial charge in [0.2, 0.25) is 5.91 Å². The van der Waals surface area contributed by atoms with E-state index in [9.17, 15) is 9.59 Å². The van der Waals surface area contributed by atoms with Crippen molar-refractivity contribution in [2.45, 2.75) is 25.3 Å². The highest BCUT2D eigenvalue weighted by Gasteiger charge is 2.23. The Kier molecular flexibility index (Phi) is 5.10. The van der Waals surface area contributed by atoms with Gasteiger partial charge in [-0.3, -0.25) is 4.79 Å². The maximum Gasteiger partial charge on any atom is 0.319 e. The second kappa shape index (κ2) is 8.00. The summed E-state index contributed by atoms with van der Waals surface area (Å²) in [5, 5.41) is 8.54. The Morgan fingerprint density at radius 3 is 2.07 bits per heavy atom. The Morgan fingerprint density at radius 1 is 0.857 bits per heavy atom. The fourth-order valence-electron chi connectivity index (χ4n) is 2.90. The first-order valence-electron chi connectivity index (χ1n) is 9.35. The van der Waals surface area contributed by atoms with Crippen LogP contribution in [0.5, 0.6) is 0 Å². The van der Waals surface area contributed by atoms with E-state index in [1.54, 1.807) is 24.3 Å². The lowest BCUT2D eigenvalue weighted by atomic mass is 10.1. The lowest BCUT2D eigenvalue weighted by Crippen LogP contribution is -2.30. The Morgan fingerprint density at radius 2 is 1.46 bits per heavy atom. The van der Waals surface area contributed by atoms with Crippen LogP contribution in [0.4, 0.5) is 16.2 Å².